The van der Waals surface area contributed by atoms with Gasteiger partial charge in [0.05, 0.1) is 6.54 Å². The van der Waals surface area contributed by atoms with Gasteiger partial charge in [-0.2, -0.15) is 0 Å². The average molecular weight is 184 g/mol. The highest BCUT2D eigenvalue weighted by Gasteiger charge is 2.25. The third-order valence-corrected chi connectivity index (χ3v) is 2.41. The summed E-state index contributed by atoms with van der Waals surface area (Å²) in [5.41, 5.74) is 0. The highest BCUT2D eigenvalue weighted by Crippen LogP contribution is 2.18. The van der Waals surface area contributed by atoms with E-state index in [1.165, 1.54) is 0 Å². The lowest BCUT2D eigenvalue weighted by Gasteiger charge is -2.21. The highest BCUT2D eigenvalue weighted by molar-refractivity contribution is 6.18. The normalized spacial score (nSPS) is 26.7. The molecule has 0 aliphatic carbocycles. The molecular weight excluding hydrogens is 172 g/mol. The molecule has 0 aromatic rings. The number of hydrogen-bond donors (Lipinski definition) is 0. The quantitative estimate of drug-likeness (QED) is 0.605. The Hall–Kier alpha value is 0.110. The van der Waals surface area contributed by atoms with Crippen LogP contribution in [0.15, 0.2) is 0 Å². The number of halogens is 3. The summed E-state index contributed by atoms with van der Waals surface area (Å²) in [6.07, 6.45) is -0.251. The van der Waals surface area contributed by atoms with E-state index in [4.69, 9.17) is 11.6 Å². The minimum atomic E-state index is -2.22. The molecule has 0 aromatic heterocycles. The van der Waals surface area contributed by atoms with Crippen LogP contribution < -0.4 is 0 Å². The molecule has 0 amide bonds. The van der Waals surface area contributed by atoms with Crippen LogP contribution in [0.2, 0.25) is 0 Å². The van der Waals surface area contributed by atoms with Crippen LogP contribution >= 0.6 is 11.6 Å². The number of likely N-dealkylation sites (tertiary alicyclic amines) is 1. The number of hydrogen-bond acceptors (Lipinski definition) is 1. The molecule has 1 nitrogen and oxygen atoms in total. The predicted molar refractivity (Wildman–Crippen MR) is 41.3 cm³/mol. The van der Waals surface area contributed by atoms with Crippen LogP contribution in [0.1, 0.15) is 12.8 Å². The summed E-state index contributed by atoms with van der Waals surface area (Å²) in [5.74, 6) is 0.479. The van der Waals surface area contributed by atoms with Gasteiger partial charge in [-0.3, -0.25) is 4.90 Å². The molecule has 1 aliphatic rings. The van der Waals surface area contributed by atoms with Gasteiger partial charge in [0.15, 0.2) is 0 Å². The molecule has 1 saturated heterocycles. The fraction of sp³-hybridized carbons (Fsp3) is 1.00. The van der Waals surface area contributed by atoms with Crippen LogP contribution in [0.4, 0.5) is 8.78 Å². The van der Waals surface area contributed by atoms with E-state index >= 15 is 0 Å². The maximum absolute atomic E-state index is 11.9. The van der Waals surface area contributed by atoms with E-state index < -0.39 is 6.43 Å². The van der Waals surface area contributed by atoms with E-state index in [0.29, 0.717) is 5.88 Å². The molecule has 11 heavy (non-hydrogen) atoms. The molecule has 4 heteroatoms. The molecular formula is C7H12ClF2N. The molecule has 1 fully saturated rings. The molecule has 0 bridgehead atoms. The molecule has 66 valence electrons. The van der Waals surface area contributed by atoms with Crippen molar-refractivity contribution in [2.75, 3.05) is 19.0 Å². The first-order valence-corrected chi connectivity index (χ1v) is 4.35. The zero-order valence-corrected chi connectivity index (χ0v) is 7.03. The van der Waals surface area contributed by atoms with Gasteiger partial charge in [0.1, 0.15) is 0 Å². The smallest absolute Gasteiger partial charge is 0.251 e. The second-order valence-electron chi connectivity index (χ2n) is 2.84. The second-order valence-corrected chi connectivity index (χ2v) is 3.14. The van der Waals surface area contributed by atoms with Gasteiger partial charge in [-0.05, 0) is 19.4 Å². The van der Waals surface area contributed by atoms with E-state index in [1.54, 1.807) is 4.90 Å². The first-order chi connectivity index (χ1) is 5.24. The van der Waals surface area contributed by atoms with Crippen molar-refractivity contribution >= 4 is 11.6 Å². The summed E-state index contributed by atoms with van der Waals surface area (Å²) in [6, 6.07) is 0.186. The standard InChI is InChI=1S/C7H12ClF2N/c8-4-6-2-1-3-11(6)5-7(9)10/h6-7H,1-5H2. The molecule has 1 heterocycles. The monoisotopic (exact) mass is 183 g/mol. The van der Waals surface area contributed by atoms with Gasteiger partial charge < -0.3 is 0 Å². The Kier molecular flexibility index (Phi) is 3.52. The summed E-state index contributed by atoms with van der Waals surface area (Å²) in [7, 11) is 0. The number of nitrogens with zero attached hydrogens (tertiary/aromatic N) is 1. The summed E-state index contributed by atoms with van der Waals surface area (Å²) in [5, 5.41) is 0. The maximum atomic E-state index is 11.9. The largest absolute Gasteiger partial charge is 0.294 e. The Morgan fingerprint density at radius 3 is 2.82 bits per heavy atom. The van der Waals surface area contributed by atoms with Gasteiger partial charge in [-0.1, -0.05) is 0 Å². The van der Waals surface area contributed by atoms with Gasteiger partial charge in [0.2, 0.25) is 0 Å². The molecule has 0 spiro atoms. The van der Waals surface area contributed by atoms with Crippen molar-refractivity contribution in [1.29, 1.82) is 0 Å². The Labute approximate surface area is 70.3 Å². The van der Waals surface area contributed by atoms with E-state index in [1.807, 2.05) is 0 Å². The number of alkyl halides is 3. The van der Waals surface area contributed by atoms with Crippen molar-refractivity contribution < 1.29 is 8.78 Å². The Morgan fingerprint density at radius 1 is 1.55 bits per heavy atom. The van der Waals surface area contributed by atoms with E-state index in [0.717, 1.165) is 19.4 Å². The van der Waals surface area contributed by atoms with Crippen LogP contribution in [-0.2, 0) is 0 Å². The zero-order chi connectivity index (χ0) is 8.27. The molecule has 0 aromatic carbocycles. The molecule has 0 radical (unpaired) electrons. The van der Waals surface area contributed by atoms with Gasteiger partial charge in [-0.15, -0.1) is 11.6 Å². The summed E-state index contributed by atoms with van der Waals surface area (Å²) >= 11 is 5.60. The lowest BCUT2D eigenvalue weighted by molar-refractivity contribution is 0.0861. The van der Waals surface area contributed by atoms with Crippen molar-refractivity contribution in [3.63, 3.8) is 0 Å². The average Bonchev–Trinajstić information content (AvgIpc) is 2.34. The van der Waals surface area contributed by atoms with Gasteiger partial charge in [0, 0.05) is 11.9 Å². The molecule has 0 N–H and O–H groups in total. The minimum absolute atomic E-state index is 0.114. The van der Waals surface area contributed by atoms with Crippen molar-refractivity contribution in [2.24, 2.45) is 0 Å². The molecule has 1 atom stereocenters. The highest BCUT2D eigenvalue weighted by atomic mass is 35.5. The summed E-state index contributed by atoms with van der Waals surface area (Å²) in [6.45, 7) is 0.666. The lowest BCUT2D eigenvalue weighted by atomic mass is 10.2. The van der Waals surface area contributed by atoms with Crippen molar-refractivity contribution in [3.8, 4) is 0 Å². The van der Waals surface area contributed by atoms with E-state index in [2.05, 4.69) is 0 Å². The van der Waals surface area contributed by atoms with Crippen molar-refractivity contribution in [2.45, 2.75) is 25.3 Å². The number of rotatable bonds is 3. The molecule has 0 saturated carbocycles. The fourth-order valence-corrected chi connectivity index (χ4v) is 1.84. The van der Waals surface area contributed by atoms with Gasteiger partial charge >= 0.3 is 0 Å². The Bertz CT molecular complexity index is 121. The first kappa shape index (κ1) is 9.20. The van der Waals surface area contributed by atoms with Crippen LogP contribution in [0.25, 0.3) is 0 Å². The van der Waals surface area contributed by atoms with Crippen LogP contribution in [0.5, 0.6) is 0 Å². The summed E-state index contributed by atoms with van der Waals surface area (Å²) < 4.78 is 23.8. The Morgan fingerprint density at radius 2 is 2.27 bits per heavy atom. The van der Waals surface area contributed by atoms with Crippen LogP contribution in [-0.4, -0.2) is 36.3 Å². The van der Waals surface area contributed by atoms with Crippen molar-refractivity contribution in [1.82, 2.24) is 4.90 Å². The fourth-order valence-electron chi connectivity index (χ4n) is 1.49. The predicted octanol–water partition coefficient (Wildman–Crippen LogP) is 1.95. The molecule has 1 aliphatic heterocycles. The SMILES string of the molecule is FC(F)CN1CCCC1CCl. The third kappa shape index (κ3) is 2.56. The van der Waals surface area contributed by atoms with Crippen LogP contribution in [0, 0.1) is 0 Å². The van der Waals surface area contributed by atoms with Gasteiger partial charge in [-0.25, -0.2) is 8.78 Å². The van der Waals surface area contributed by atoms with Crippen molar-refractivity contribution in [3.05, 3.63) is 0 Å². The topological polar surface area (TPSA) is 3.24 Å². The lowest BCUT2D eigenvalue weighted by Crippen LogP contribution is -2.34. The molecule has 1 unspecified atom stereocenters. The second kappa shape index (κ2) is 4.21. The Balaban J connectivity index is 2.31. The van der Waals surface area contributed by atoms with E-state index in [-0.39, 0.29) is 12.6 Å². The first-order valence-electron chi connectivity index (χ1n) is 3.82. The van der Waals surface area contributed by atoms with Gasteiger partial charge in [0.25, 0.3) is 6.43 Å². The van der Waals surface area contributed by atoms with E-state index in [9.17, 15) is 8.78 Å². The molecule has 1 rings (SSSR count). The maximum Gasteiger partial charge on any atom is 0.251 e. The third-order valence-electron chi connectivity index (χ3n) is 2.05. The van der Waals surface area contributed by atoms with Crippen LogP contribution in [0.3, 0.4) is 0 Å². The minimum Gasteiger partial charge on any atom is -0.294 e. The summed E-state index contributed by atoms with van der Waals surface area (Å²) in [4.78, 5) is 1.78. The zero-order valence-electron chi connectivity index (χ0n) is 6.27.